The number of unbranched alkanes of at least 4 members (excludes halogenated alkanes) is 1. The van der Waals surface area contributed by atoms with Gasteiger partial charge in [-0.1, -0.05) is 91.0 Å². The third kappa shape index (κ3) is 4.77. The molecule has 6 aromatic rings. The number of hydrogen-bond acceptors (Lipinski definition) is 0. The Morgan fingerprint density at radius 3 is 2.28 bits per heavy atom. The molecule has 1 aliphatic carbocycles. The number of rotatable bonds is 8. The number of hydrogen-bond donors (Lipinski definition) is 0. The summed E-state index contributed by atoms with van der Waals surface area (Å²) >= 11 is 0. The van der Waals surface area contributed by atoms with E-state index in [1.807, 2.05) is 6.08 Å². The van der Waals surface area contributed by atoms with Gasteiger partial charge in [-0.25, -0.2) is 0 Å². The van der Waals surface area contributed by atoms with Crippen LogP contribution in [0.3, 0.4) is 0 Å². The number of fused-ring (bicyclic) bond motifs is 4. The summed E-state index contributed by atoms with van der Waals surface area (Å²) < 4.78 is 4.89. The maximum absolute atomic E-state index is 3.95. The average Bonchev–Trinajstić information content (AvgIpc) is 3.63. The molecule has 0 spiro atoms. The molecule has 0 N–H and O–H groups in total. The van der Waals surface area contributed by atoms with Crippen LogP contribution in [0.25, 0.3) is 61.3 Å². The van der Waals surface area contributed by atoms with Crippen LogP contribution >= 0.6 is 0 Å². The molecule has 0 fully saturated rings. The van der Waals surface area contributed by atoms with Gasteiger partial charge in [-0.05, 0) is 91.1 Å². The maximum atomic E-state index is 3.95. The monoisotopic (exact) mass is 558 g/mol. The number of para-hydroxylation sites is 1. The summed E-state index contributed by atoms with van der Waals surface area (Å²) in [5.74, 6) is 0. The molecule has 7 rings (SSSR count). The predicted octanol–water partition coefficient (Wildman–Crippen LogP) is 11.3. The van der Waals surface area contributed by atoms with Gasteiger partial charge in [0.05, 0.1) is 0 Å². The molecule has 43 heavy (non-hydrogen) atoms. The van der Waals surface area contributed by atoms with E-state index in [1.54, 1.807) is 0 Å². The van der Waals surface area contributed by atoms with Gasteiger partial charge < -0.3 is 9.13 Å². The van der Waals surface area contributed by atoms with Gasteiger partial charge in [0.2, 0.25) is 0 Å². The number of benzene rings is 4. The van der Waals surface area contributed by atoms with Crippen LogP contribution in [-0.2, 0) is 13.0 Å². The van der Waals surface area contributed by atoms with Crippen molar-refractivity contribution in [2.24, 2.45) is 0 Å². The number of nitrogens with zero attached hydrogens (tertiary/aromatic N) is 2. The van der Waals surface area contributed by atoms with Crippen LogP contribution in [0.5, 0.6) is 0 Å². The highest BCUT2D eigenvalue weighted by molar-refractivity contribution is 6.08. The first kappa shape index (κ1) is 27.0. The van der Waals surface area contributed by atoms with E-state index < -0.39 is 0 Å². The Morgan fingerprint density at radius 1 is 0.814 bits per heavy atom. The Kier molecular flexibility index (Phi) is 7.20. The van der Waals surface area contributed by atoms with E-state index in [2.05, 4.69) is 145 Å². The van der Waals surface area contributed by atoms with Crippen molar-refractivity contribution < 1.29 is 0 Å². The zero-order valence-corrected chi connectivity index (χ0v) is 25.2. The smallest absolute Gasteiger partial charge is 0.0488 e. The van der Waals surface area contributed by atoms with Crippen molar-refractivity contribution in [1.82, 2.24) is 9.13 Å². The van der Waals surface area contributed by atoms with E-state index in [4.69, 9.17) is 0 Å². The lowest BCUT2D eigenvalue weighted by atomic mass is 9.85. The average molecular weight is 559 g/mol. The molecule has 0 radical (unpaired) electrons. The second kappa shape index (κ2) is 11.5. The quantitative estimate of drug-likeness (QED) is 0.130. The molecule has 1 aliphatic rings. The van der Waals surface area contributed by atoms with E-state index >= 15 is 0 Å². The molecule has 0 saturated carbocycles. The maximum Gasteiger partial charge on any atom is 0.0488 e. The zero-order chi connectivity index (χ0) is 29.3. The molecule has 212 valence electrons. The first-order valence-electron chi connectivity index (χ1n) is 15.6. The lowest BCUT2D eigenvalue weighted by molar-refractivity contribution is 0.726. The second-order valence-corrected chi connectivity index (χ2v) is 11.6. The molecule has 0 atom stereocenters. The van der Waals surface area contributed by atoms with Crippen molar-refractivity contribution in [2.45, 2.75) is 46.1 Å². The Hall–Kier alpha value is -4.82. The molecule has 2 nitrogen and oxygen atoms in total. The number of aryl methyl sites for hydroxylation is 1. The summed E-state index contributed by atoms with van der Waals surface area (Å²) in [6, 6.07) is 33.1. The second-order valence-electron chi connectivity index (χ2n) is 11.6. The zero-order valence-electron chi connectivity index (χ0n) is 25.2. The first-order chi connectivity index (χ1) is 21.2. The lowest BCUT2D eigenvalue weighted by Gasteiger charge is -2.18. The molecule has 0 aliphatic heterocycles. The Labute approximate surface area is 254 Å². The van der Waals surface area contributed by atoms with E-state index in [-0.39, 0.29) is 0 Å². The van der Waals surface area contributed by atoms with E-state index in [0.29, 0.717) is 0 Å². The summed E-state index contributed by atoms with van der Waals surface area (Å²) in [6.45, 7) is 9.47. The normalized spacial score (nSPS) is 13.3. The van der Waals surface area contributed by atoms with Gasteiger partial charge in [-0.2, -0.15) is 0 Å². The fraction of sp³-hybridized carbons (Fsp3) is 0.171. The summed E-state index contributed by atoms with van der Waals surface area (Å²) in [7, 11) is 0. The number of allylic oxidation sites excluding steroid dienone is 4. The first-order valence-corrected chi connectivity index (χ1v) is 15.6. The van der Waals surface area contributed by atoms with E-state index in [0.717, 1.165) is 32.2 Å². The molecule has 2 aromatic heterocycles. The van der Waals surface area contributed by atoms with Gasteiger partial charge in [-0.15, -0.1) is 6.58 Å². The Morgan fingerprint density at radius 2 is 1.53 bits per heavy atom. The van der Waals surface area contributed by atoms with Gasteiger partial charge in [0, 0.05) is 57.6 Å². The topological polar surface area (TPSA) is 9.86 Å². The molecular formula is C41H38N2. The van der Waals surface area contributed by atoms with E-state index in [9.17, 15) is 0 Å². The standard InChI is InChI=1S/C41H38N2/c1-4-6-9-16-29(3)40-35(30-17-10-7-11-18-30)25-32-27-42(28-37(32)41(40)31-19-12-8-13-20-31)33-23-24-39-36(26-33)34-21-14-15-22-38(34)43(39)5-2/h4,7-8,10-22,25-28H,1,5-6,9,23-24H2,2-3H3/b29-16+. The molecule has 0 unspecified atom stereocenters. The summed E-state index contributed by atoms with van der Waals surface area (Å²) in [4.78, 5) is 0. The third-order valence-corrected chi connectivity index (χ3v) is 9.01. The lowest BCUT2D eigenvalue weighted by Crippen LogP contribution is -2.07. The Bertz CT molecular complexity index is 2010. The highest BCUT2D eigenvalue weighted by atomic mass is 15.0. The van der Waals surface area contributed by atoms with Crippen LogP contribution in [-0.4, -0.2) is 9.13 Å². The van der Waals surface area contributed by atoms with Crippen LogP contribution < -0.4 is 0 Å². The third-order valence-electron chi connectivity index (χ3n) is 9.01. The van der Waals surface area contributed by atoms with Gasteiger partial charge in [0.25, 0.3) is 0 Å². The molecular weight excluding hydrogens is 520 g/mol. The van der Waals surface area contributed by atoms with Crippen LogP contribution in [0.4, 0.5) is 0 Å². The van der Waals surface area contributed by atoms with Crippen LogP contribution in [0.15, 0.2) is 122 Å². The summed E-state index contributed by atoms with van der Waals surface area (Å²) in [6.07, 6.45) is 15.6. The largest absolute Gasteiger partial charge is 0.344 e. The highest BCUT2D eigenvalue weighted by Gasteiger charge is 2.23. The predicted molar refractivity (Wildman–Crippen MR) is 186 cm³/mol. The summed E-state index contributed by atoms with van der Waals surface area (Å²) in [5.41, 5.74) is 13.2. The van der Waals surface area contributed by atoms with Crippen LogP contribution in [0.2, 0.25) is 0 Å². The fourth-order valence-electron chi connectivity index (χ4n) is 7.00. The van der Waals surface area contributed by atoms with Crippen LogP contribution in [0.1, 0.15) is 49.9 Å². The van der Waals surface area contributed by atoms with Gasteiger partial charge >= 0.3 is 0 Å². The van der Waals surface area contributed by atoms with Crippen molar-refractivity contribution in [1.29, 1.82) is 0 Å². The molecule has 2 heteroatoms. The van der Waals surface area contributed by atoms with Crippen molar-refractivity contribution >= 4 is 39.0 Å². The highest BCUT2D eigenvalue weighted by Crippen LogP contribution is 2.44. The van der Waals surface area contributed by atoms with Crippen molar-refractivity contribution in [3.8, 4) is 22.3 Å². The van der Waals surface area contributed by atoms with Gasteiger partial charge in [0.1, 0.15) is 0 Å². The van der Waals surface area contributed by atoms with Crippen molar-refractivity contribution in [3.63, 3.8) is 0 Å². The molecule has 2 heterocycles. The minimum atomic E-state index is 0.974. The van der Waals surface area contributed by atoms with Gasteiger partial charge in [0.15, 0.2) is 0 Å². The van der Waals surface area contributed by atoms with Crippen molar-refractivity contribution in [2.75, 3.05) is 0 Å². The molecule has 0 amide bonds. The fourth-order valence-corrected chi connectivity index (χ4v) is 7.00. The molecule has 0 bridgehead atoms. The summed E-state index contributed by atoms with van der Waals surface area (Å²) in [5, 5.41) is 3.91. The molecule has 0 saturated heterocycles. The number of aromatic nitrogens is 2. The minimum Gasteiger partial charge on any atom is -0.344 e. The minimum absolute atomic E-state index is 0.974. The SMILES string of the molecule is C=CCC/C=C(\C)c1c(-c2ccccc2)cc2cn(C3=Cc4c(n(CC)c5ccccc45)CC3)cc2c1-c1ccccc1. The van der Waals surface area contributed by atoms with Crippen molar-refractivity contribution in [3.05, 3.63) is 139 Å². The van der Waals surface area contributed by atoms with Crippen LogP contribution in [0, 0.1) is 0 Å². The van der Waals surface area contributed by atoms with Gasteiger partial charge in [-0.3, -0.25) is 0 Å². The molecule has 4 aromatic carbocycles. The van der Waals surface area contributed by atoms with E-state index in [1.165, 1.54) is 72.0 Å². The Balaban J connectivity index is 1.48.